The van der Waals surface area contributed by atoms with E-state index in [1.165, 1.54) is 19.1 Å². The number of aromatic carboxylic acids is 1. The highest BCUT2D eigenvalue weighted by Crippen LogP contribution is 2.18. The van der Waals surface area contributed by atoms with Crippen molar-refractivity contribution in [2.75, 3.05) is 5.73 Å². The number of benzene rings is 1. The van der Waals surface area contributed by atoms with Gasteiger partial charge in [-0.2, -0.15) is 0 Å². The molecule has 1 rings (SSSR count). The molecule has 1 aromatic carbocycles. The largest absolute Gasteiger partial charge is 0.478 e. The topological polar surface area (TPSA) is 63.3 Å². The van der Waals surface area contributed by atoms with E-state index in [1.807, 2.05) is 13.8 Å². The van der Waals surface area contributed by atoms with Gasteiger partial charge in [0.15, 0.2) is 0 Å². The third-order valence-corrected chi connectivity index (χ3v) is 1.58. The van der Waals surface area contributed by atoms with Gasteiger partial charge in [0, 0.05) is 5.69 Å². The van der Waals surface area contributed by atoms with E-state index in [0.29, 0.717) is 0 Å². The van der Waals surface area contributed by atoms with Crippen molar-refractivity contribution in [3.63, 3.8) is 0 Å². The molecule has 0 amide bonds. The molecule has 14 heavy (non-hydrogen) atoms. The maximum Gasteiger partial charge on any atom is 0.340 e. The lowest BCUT2D eigenvalue weighted by Gasteiger charge is -2.03. The molecule has 0 bridgehead atoms. The Balaban J connectivity index is 0.000000791. The van der Waals surface area contributed by atoms with Gasteiger partial charge in [0.2, 0.25) is 0 Å². The van der Waals surface area contributed by atoms with Crippen LogP contribution in [0, 0.1) is 12.7 Å². The molecular weight excluding hydrogens is 185 g/mol. The second-order valence-corrected chi connectivity index (χ2v) is 2.47. The molecule has 0 fully saturated rings. The van der Waals surface area contributed by atoms with Crippen molar-refractivity contribution < 1.29 is 14.3 Å². The van der Waals surface area contributed by atoms with Gasteiger partial charge in [-0.25, -0.2) is 9.18 Å². The monoisotopic (exact) mass is 199 g/mol. The molecule has 0 aliphatic heterocycles. The van der Waals surface area contributed by atoms with Crippen LogP contribution in [0.1, 0.15) is 29.8 Å². The Morgan fingerprint density at radius 3 is 2.29 bits per heavy atom. The Kier molecular flexibility index (Phi) is 4.63. The van der Waals surface area contributed by atoms with E-state index in [1.54, 1.807) is 0 Å². The minimum absolute atomic E-state index is 0.0504. The average Bonchev–Trinajstić information content (AvgIpc) is 2.15. The minimum atomic E-state index is -1.34. The Bertz CT molecular complexity index is 337. The summed E-state index contributed by atoms with van der Waals surface area (Å²) in [6.07, 6.45) is 0. The summed E-state index contributed by atoms with van der Waals surface area (Å²) in [7, 11) is 0. The Morgan fingerprint density at radius 2 is 1.93 bits per heavy atom. The van der Waals surface area contributed by atoms with Crippen molar-refractivity contribution in [1.29, 1.82) is 0 Å². The second-order valence-electron chi connectivity index (χ2n) is 2.47. The summed E-state index contributed by atoms with van der Waals surface area (Å²) in [5.74, 6) is -2.10. The zero-order valence-electron chi connectivity index (χ0n) is 8.47. The first-order valence-corrected chi connectivity index (χ1v) is 4.32. The number of hydrogen-bond acceptors (Lipinski definition) is 2. The fourth-order valence-corrected chi connectivity index (χ4v) is 0.913. The van der Waals surface area contributed by atoms with E-state index in [0.717, 1.165) is 0 Å². The molecular formula is C10H14FNO2. The van der Waals surface area contributed by atoms with Crippen molar-refractivity contribution >= 4 is 11.7 Å². The number of rotatable bonds is 1. The standard InChI is InChI=1S/C8H8FNO2.C2H6/c1-4-2-3-5(10)6(7(4)9)8(11)12;1-2/h2-3H,10H2,1H3,(H,11,12);1-2H3. The molecule has 0 spiro atoms. The van der Waals surface area contributed by atoms with Crippen LogP contribution in [-0.4, -0.2) is 11.1 Å². The van der Waals surface area contributed by atoms with Gasteiger partial charge < -0.3 is 10.8 Å². The number of halogens is 1. The number of carbonyl (C=O) groups is 1. The van der Waals surface area contributed by atoms with Crippen LogP contribution in [0.2, 0.25) is 0 Å². The highest BCUT2D eigenvalue weighted by atomic mass is 19.1. The fraction of sp³-hybridized carbons (Fsp3) is 0.300. The van der Waals surface area contributed by atoms with Crippen LogP contribution < -0.4 is 5.73 Å². The Morgan fingerprint density at radius 1 is 1.43 bits per heavy atom. The van der Waals surface area contributed by atoms with E-state index in [-0.39, 0.29) is 11.3 Å². The number of nitrogen functional groups attached to an aromatic ring is 1. The summed E-state index contributed by atoms with van der Waals surface area (Å²) in [4.78, 5) is 10.5. The van der Waals surface area contributed by atoms with E-state index >= 15 is 0 Å². The molecule has 0 saturated heterocycles. The van der Waals surface area contributed by atoms with Crippen molar-refractivity contribution in [3.8, 4) is 0 Å². The van der Waals surface area contributed by atoms with Crippen molar-refractivity contribution in [1.82, 2.24) is 0 Å². The van der Waals surface area contributed by atoms with Crippen LogP contribution in [0.25, 0.3) is 0 Å². The molecule has 0 saturated carbocycles. The van der Waals surface area contributed by atoms with E-state index in [2.05, 4.69) is 0 Å². The van der Waals surface area contributed by atoms with Crippen molar-refractivity contribution in [2.45, 2.75) is 20.8 Å². The maximum atomic E-state index is 13.1. The molecule has 0 aliphatic carbocycles. The lowest BCUT2D eigenvalue weighted by Crippen LogP contribution is -2.06. The summed E-state index contributed by atoms with van der Waals surface area (Å²) < 4.78 is 13.1. The number of nitrogens with two attached hydrogens (primary N) is 1. The molecule has 0 unspecified atom stereocenters. The van der Waals surface area contributed by atoms with Crippen LogP contribution in [-0.2, 0) is 0 Å². The number of hydrogen-bond donors (Lipinski definition) is 2. The van der Waals surface area contributed by atoms with Crippen LogP contribution in [0.15, 0.2) is 12.1 Å². The first-order chi connectivity index (χ1) is 6.54. The zero-order chi connectivity index (χ0) is 11.3. The van der Waals surface area contributed by atoms with Crippen molar-refractivity contribution in [3.05, 3.63) is 29.1 Å². The molecule has 0 radical (unpaired) electrons. The zero-order valence-corrected chi connectivity index (χ0v) is 8.47. The second kappa shape index (κ2) is 5.21. The Labute approximate surface area is 82.4 Å². The summed E-state index contributed by atoms with van der Waals surface area (Å²) in [5, 5.41) is 8.55. The SMILES string of the molecule is CC.Cc1ccc(N)c(C(=O)O)c1F. The highest BCUT2D eigenvalue weighted by Gasteiger charge is 2.15. The molecule has 4 heteroatoms. The van der Waals surface area contributed by atoms with Crippen LogP contribution in [0.4, 0.5) is 10.1 Å². The van der Waals surface area contributed by atoms with E-state index in [9.17, 15) is 9.18 Å². The van der Waals surface area contributed by atoms with Gasteiger partial charge in [0.25, 0.3) is 0 Å². The summed E-state index contributed by atoms with van der Waals surface area (Å²) in [6.45, 7) is 5.49. The maximum absolute atomic E-state index is 13.1. The number of aryl methyl sites for hydroxylation is 1. The molecule has 0 atom stereocenters. The summed E-state index contributed by atoms with van der Waals surface area (Å²) >= 11 is 0. The van der Waals surface area contributed by atoms with Gasteiger partial charge in [0.1, 0.15) is 11.4 Å². The molecule has 0 heterocycles. The predicted molar refractivity (Wildman–Crippen MR) is 53.9 cm³/mol. The third-order valence-electron chi connectivity index (χ3n) is 1.58. The quantitative estimate of drug-likeness (QED) is 0.683. The minimum Gasteiger partial charge on any atom is -0.478 e. The van der Waals surface area contributed by atoms with Gasteiger partial charge in [-0.15, -0.1) is 0 Å². The molecule has 78 valence electrons. The molecule has 3 nitrogen and oxygen atoms in total. The molecule has 0 aliphatic rings. The Hall–Kier alpha value is -1.58. The molecule has 0 aromatic heterocycles. The lowest BCUT2D eigenvalue weighted by atomic mass is 10.1. The van der Waals surface area contributed by atoms with Crippen LogP contribution in [0.5, 0.6) is 0 Å². The number of anilines is 1. The van der Waals surface area contributed by atoms with Gasteiger partial charge in [-0.05, 0) is 18.6 Å². The van der Waals surface area contributed by atoms with E-state index < -0.39 is 17.3 Å². The first kappa shape index (κ1) is 12.4. The van der Waals surface area contributed by atoms with E-state index in [4.69, 9.17) is 10.8 Å². The summed E-state index contributed by atoms with van der Waals surface area (Å²) in [5.41, 5.74) is 5.05. The highest BCUT2D eigenvalue weighted by molar-refractivity contribution is 5.94. The summed E-state index contributed by atoms with van der Waals surface area (Å²) in [6, 6.07) is 2.82. The number of carboxylic acid groups (broad SMARTS) is 1. The fourth-order valence-electron chi connectivity index (χ4n) is 0.913. The molecule has 1 aromatic rings. The van der Waals surface area contributed by atoms with Gasteiger partial charge in [-0.1, -0.05) is 19.9 Å². The lowest BCUT2D eigenvalue weighted by molar-refractivity contribution is 0.0693. The van der Waals surface area contributed by atoms with Gasteiger partial charge in [-0.3, -0.25) is 0 Å². The predicted octanol–water partition coefficient (Wildman–Crippen LogP) is 2.44. The smallest absolute Gasteiger partial charge is 0.340 e. The average molecular weight is 199 g/mol. The van der Waals surface area contributed by atoms with Crippen LogP contribution >= 0.6 is 0 Å². The normalized spacial score (nSPS) is 8.86. The van der Waals surface area contributed by atoms with Gasteiger partial charge >= 0.3 is 5.97 Å². The molecule has 3 N–H and O–H groups in total. The van der Waals surface area contributed by atoms with Crippen molar-refractivity contribution in [2.24, 2.45) is 0 Å². The number of carboxylic acids is 1. The third kappa shape index (κ3) is 2.45. The van der Waals surface area contributed by atoms with Gasteiger partial charge in [0.05, 0.1) is 0 Å². The first-order valence-electron chi connectivity index (χ1n) is 4.32. The van der Waals surface area contributed by atoms with Crippen LogP contribution in [0.3, 0.4) is 0 Å².